The molecular weight excluding hydrogens is 234 g/mol. The SMILES string of the molecule is NN(CCCCCO)c1nc2ccccc2s1. The number of hydrogen-bond acceptors (Lipinski definition) is 5. The number of hydrazine groups is 1. The standard InChI is InChI=1S/C12H17N3OS/c13-15(8-4-1-5-9-16)12-14-10-6-2-3-7-11(10)17-12/h2-3,6-7,16H,1,4-5,8-9,13H2. The molecule has 0 aliphatic rings. The molecule has 0 amide bonds. The van der Waals surface area contributed by atoms with Gasteiger partial charge in [-0.15, -0.1) is 0 Å². The quantitative estimate of drug-likeness (QED) is 0.469. The maximum absolute atomic E-state index is 8.69. The topological polar surface area (TPSA) is 62.4 Å². The van der Waals surface area contributed by atoms with Crippen LogP contribution < -0.4 is 10.9 Å². The average molecular weight is 251 g/mol. The molecule has 5 heteroatoms. The molecule has 0 radical (unpaired) electrons. The Bertz CT molecular complexity index is 438. The van der Waals surface area contributed by atoms with E-state index in [4.69, 9.17) is 10.9 Å². The summed E-state index contributed by atoms with van der Waals surface area (Å²) in [5, 5.41) is 11.2. The van der Waals surface area contributed by atoms with Gasteiger partial charge in [0.1, 0.15) is 0 Å². The summed E-state index contributed by atoms with van der Waals surface area (Å²) in [6.45, 7) is 1.03. The van der Waals surface area contributed by atoms with Gasteiger partial charge in [-0.05, 0) is 31.4 Å². The van der Waals surface area contributed by atoms with Crippen LogP contribution in [0.3, 0.4) is 0 Å². The number of anilines is 1. The van der Waals surface area contributed by atoms with E-state index in [0.29, 0.717) is 0 Å². The van der Waals surface area contributed by atoms with E-state index in [-0.39, 0.29) is 6.61 Å². The molecule has 0 saturated heterocycles. The Hall–Kier alpha value is -1.17. The van der Waals surface area contributed by atoms with Crippen LogP contribution in [0.15, 0.2) is 24.3 Å². The van der Waals surface area contributed by atoms with E-state index in [2.05, 4.69) is 11.1 Å². The maximum Gasteiger partial charge on any atom is 0.200 e. The van der Waals surface area contributed by atoms with Crippen molar-refractivity contribution in [2.24, 2.45) is 5.84 Å². The van der Waals surface area contributed by atoms with Crippen LogP contribution in [0.4, 0.5) is 5.13 Å². The second kappa shape index (κ2) is 5.95. The number of benzene rings is 1. The van der Waals surface area contributed by atoms with Crippen molar-refractivity contribution < 1.29 is 5.11 Å². The molecule has 17 heavy (non-hydrogen) atoms. The molecule has 1 aromatic heterocycles. The van der Waals surface area contributed by atoms with Crippen molar-refractivity contribution in [1.29, 1.82) is 0 Å². The Morgan fingerprint density at radius 3 is 2.82 bits per heavy atom. The predicted molar refractivity (Wildman–Crippen MR) is 72.1 cm³/mol. The molecule has 0 aliphatic heterocycles. The van der Waals surface area contributed by atoms with Gasteiger partial charge in [0.2, 0.25) is 5.13 Å². The van der Waals surface area contributed by atoms with Crippen LogP contribution in [-0.2, 0) is 0 Å². The predicted octanol–water partition coefficient (Wildman–Crippen LogP) is 2.14. The fourth-order valence-electron chi connectivity index (χ4n) is 1.65. The Morgan fingerprint density at radius 2 is 2.06 bits per heavy atom. The number of nitrogens with zero attached hydrogens (tertiary/aromatic N) is 2. The minimum absolute atomic E-state index is 0.256. The summed E-state index contributed by atoms with van der Waals surface area (Å²) in [6, 6.07) is 8.03. The van der Waals surface area contributed by atoms with Crippen molar-refractivity contribution in [3.8, 4) is 0 Å². The molecule has 2 rings (SSSR count). The van der Waals surface area contributed by atoms with E-state index in [1.54, 1.807) is 16.3 Å². The minimum atomic E-state index is 0.256. The fourth-order valence-corrected chi connectivity index (χ4v) is 2.56. The summed E-state index contributed by atoms with van der Waals surface area (Å²) < 4.78 is 1.16. The van der Waals surface area contributed by atoms with E-state index < -0.39 is 0 Å². The van der Waals surface area contributed by atoms with Crippen molar-refractivity contribution in [2.45, 2.75) is 19.3 Å². The van der Waals surface area contributed by atoms with Crippen molar-refractivity contribution in [3.63, 3.8) is 0 Å². The lowest BCUT2D eigenvalue weighted by molar-refractivity contribution is 0.283. The zero-order valence-electron chi connectivity index (χ0n) is 9.67. The van der Waals surface area contributed by atoms with Gasteiger partial charge in [-0.1, -0.05) is 23.5 Å². The van der Waals surface area contributed by atoms with Crippen LogP contribution in [0.5, 0.6) is 0 Å². The summed E-state index contributed by atoms with van der Waals surface area (Å²) >= 11 is 1.61. The lowest BCUT2D eigenvalue weighted by Crippen LogP contribution is -2.31. The van der Waals surface area contributed by atoms with E-state index in [9.17, 15) is 0 Å². The van der Waals surface area contributed by atoms with Gasteiger partial charge in [0.05, 0.1) is 10.2 Å². The van der Waals surface area contributed by atoms with Crippen LogP contribution >= 0.6 is 11.3 Å². The van der Waals surface area contributed by atoms with E-state index in [0.717, 1.165) is 41.2 Å². The number of aromatic nitrogens is 1. The molecule has 0 bridgehead atoms. The summed E-state index contributed by atoms with van der Waals surface area (Å²) in [6.07, 6.45) is 2.82. The third-order valence-electron chi connectivity index (χ3n) is 2.59. The number of unbranched alkanes of at least 4 members (excludes halogenated alkanes) is 2. The third-order valence-corrected chi connectivity index (χ3v) is 3.66. The number of para-hydroxylation sites is 1. The van der Waals surface area contributed by atoms with Gasteiger partial charge < -0.3 is 5.11 Å². The zero-order valence-corrected chi connectivity index (χ0v) is 10.5. The molecule has 1 heterocycles. The van der Waals surface area contributed by atoms with Crippen molar-refractivity contribution >= 4 is 26.7 Å². The summed E-state index contributed by atoms with van der Waals surface area (Å²) in [4.78, 5) is 4.48. The first-order valence-corrected chi connectivity index (χ1v) is 6.61. The normalized spacial score (nSPS) is 10.9. The van der Waals surface area contributed by atoms with Crippen molar-refractivity contribution in [1.82, 2.24) is 4.98 Å². The Morgan fingerprint density at radius 1 is 1.24 bits per heavy atom. The molecule has 4 nitrogen and oxygen atoms in total. The van der Waals surface area contributed by atoms with E-state index in [1.807, 2.05) is 18.2 Å². The molecule has 92 valence electrons. The fraction of sp³-hybridized carbons (Fsp3) is 0.417. The van der Waals surface area contributed by atoms with Gasteiger partial charge in [0, 0.05) is 13.2 Å². The number of aliphatic hydroxyl groups excluding tert-OH is 1. The smallest absolute Gasteiger partial charge is 0.200 e. The van der Waals surface area contributed by atoms with Crippen molar-refractivity contribution in [3.05, 3.63) is 24.3 Å². The Balaban J connectivity index is 1.96. The van der Waals surface area contributed by atoms with Gasteiger partial charge in [0.15, 0.2) is 0 Å². The number of nitrogens with two attached hydrogens (primary N) is 1. The molecule has 0 spiro atoms. The van der Waals surface area contributed by atoms with Crippen LogP contribution in [-0.4, -0.2) is 23.2 Å². The highest BCUT2D eigenvalue weighted by atomic mass is 32.1. The third kappa shape index (κ3) is 3.15. The van der Waals surface area contributed by atoms with Gasteiger partial charge in [-0.3, -0.25) is 5.01 Å². The highest BCUT2D eigenvalue weighted by Crippen LogP contribution is 2.27. The van der Waals surface area contributed by atoms with Gasteiger partial charge in [-0.2, -0.15) is 0 Å². The molecule has 1 aromatic carbocycles. The van der Waals surface area contributed by atoms with Gasteiger partial charge in [-0.25, -0.2) is 10.8 Å². The second-order valence-corrected chi connectivity index (χ2v) is 4.95. The Labute approximate surface area is 105 Å². The molecule has 2 aromatic rings. The molecule has 0 atom stereocenters. The lowest BCUT2D eigenvalue weighted by atomic mass is 10.2. The van der Waals surface area contributed by atoms with Gasteiger partial charge in [0.25, 0.3) is 0 Å². The van der Waals surface area contributed by atoms with E-state index >= 15 is 0 Å². The first-order chi connectivity index (χ1) is 8.31. The van der Waals surface area contributed by atoms with Crippen LogP contribution in [0.1, 0.15) is 19.3 Å². The highest BCUT2D eigenvalue weighted by Gasteiger charge is 2.07. The number of rotatable bonds is 6. The highest BCUT2D eigenvalue weighted by molar-refractivity contribution is 7.22. The maximum atomic E-state index is 8.69. The number of aliphatic hydroxyl groups is 1. The molecule has 0 saturated carbocycles. The molecule has 3 N–H and O–H groups in total. The summed E-state index contributed by atoms with van der Waals surface area (Å²) in [5.41, 5.74) is 0.998. The zero-order chi connectivity index (χ0) is 12.1. The Kier molecular flexibility index (Phi) is 4.30. The molecule has 0 aliphatic carbocycles. The number of thiazole rings is 1. The van der Waals surface area contributed by atoms with E-state index in [1.165, 1.54) is 0 Å². The summed E-state index contributed by atoms with van der Waals surface area (Å²) in [5.74, 6) is 5.96. The lowest BCUT2D eigenvalue weighted by Gasteiger charge is -2.14. The largest absolute Gasteiger partial charge is 0.396 e. The average Bonchev–Trinajstić information content (AvgIpc) is 2.78. The number of hydrogen-bond donors (Lipinski definition) is 2. The second-order valence-electron chi connectivity index (χ2n) is 3.94. The van der Waals surface area contributed by atoms with Crippen LogP contribution in [0.2, 0.25) is 0 Å². The monoisotopic (exact) mass is 251 g/mol. The first-order valence-electron chi connectivity index (χ1n) is 5.80. The number of fused-ring (bicyclic) bond motifs is 1. The molecule has 0 unspecified atom stereocenters. The van der Waals surface area contributed by atoms with Crippen LogP contribution in [0, 0.1) is 0 Å². The van der Waals surface area contributed by atoms with Crippen LogP contribution in [0.25, 0.3) is 10.2 Å². The van der Waals surface area contributed by atoms with Crippen molar-refractivity contribution in [2.75, 3.05) is 18.2 Å². The van der Waals surface area contributed by atoms with Gasteiger partial charge >= 0.3 is 0 Å². The minimum Gasteiger partial charge on any atom is -0.396 e. The summed E-state index contributed by atoms with van der Waals surface area (Å²) in [7, 11) is 0. The first kappa shape index (κ1) is 12.3. The molecule has 0 fully saturated rings. The molecular formula is C12H17N3OS.